The van der Waals surface area contributed by atoms with Gasteiger partial charge in [-0.3, -0.25) is 0 Å². The molecule has 0 aliphatic carbocycles. The van der Waals surface area contributed by atoms with Crippen LogP contribution in [-0.2, 0) is 9.53 Å². The highest BCUT2D eigenvalue weighted by Crippen LogP contribution is 2.34. The number of esters is 1. The van der Waals surface area contributed by atoms with Gasteiger partial charge in [0.15, 0.2) is 23.2 Å². The minimum Gasteiger partial charge on any atom is -0.493 e. The van der Waals surface area contributed by atoms with Crippen LogP contribution in [-0.4, -0.2) is 31.9 Å². The lowest BCUT2D eigenvalue weighted by molar-refractivity contribution is -0.136. The molecule has 0 saturated heterocycles. The Balaban J connectivity index is 2.45. The van der Waals surface area contributed by atoms with E-state index in [4.69, 9.17) is 31.7 Å². The summed E-state index contributed by atoms with van der Waals surface area (Å²) in [5, 5.41) is 15.0. The molecule has 0 spiro atoms. The highest BCUT2D eigenvalue weighted by atomic mass is 32.1. The van der Waals surface area contributed by atoms with Crippen LogP contribution in [0.1, 0.15) is 18.5 Å². The van der Waals surface area contributed by atoms with Crippen molar-refractivity contribution in [3.63, 3.8) is 0 Å². The topological polar surface area (TPSA) is 92.6 Å². The van der Waals surface area contributed by atoms with Crippen LogP contribution in [0.2, 0.25) is 0 Å². The summed E-state index contributed by atoms with van der Waals surface area (Å²) in [5.74, 6) is 0.444. The summed E-state index contributed by atoms with van der Waals surface area (Å²) in [7, 11) is 2.83. The van der Waals surface area contributed by atoms with Crippen molar-refractivity contribution < 1.29 is 19.0 Å². The van der Waals surface area contributed by atoms with E-state index in [-0.39, 0.29) is 6.61 Å². The second-order valence-corrected chi connectivity index (χ2v) is 5.33. The molecule has 24 heavy (non-hydrogen) atoms. The molecular formula is C16H17N3O4S. The molecule has 1 aliphatic rings. The van der Waals surface area contributed by atoms with Crippen LogP contribution in [0.4, 0.5) is 0 Å². The summed E-state index contributed by atoms with van der Waals surface area (Å²) in [6.45, 7) is 1.67. The third kappa shape index (κ3) is 3.58. The molecule has 1 atom stereocenters. The largest absolute Gasteiger partial charge is 0.493 e. The first-order chi connectivity index (χ1) is 11.5. The Bertz CT molecular complexity index is 739. The maximum Gasteiger partial charge on any atom is 0.337 e. The van der Waals surface area contributed by atoms with Crippen LogP contribution in [0.3, 0.4) is 0 Å². The maximum atomic E-state index is 12.1. The molecule has 0 bridgehead atoms. The van der Waals surface area contributed by atoms with Gasteiger partial charge in [-0.2, -0.15) is 5.26 Å². The van der Waals surface area contributed by atoms with E-state index in [2.05, 4.69) is 10.6 Å². The van der Waals surface area contributed by atoms with Crippen molar-refractivity contribution in [2.75, 3.05) is 20.8 Å². The van der Waals surface area contributed by atoms with Gasteiger partial charge in [0.1, 0.15) is 6.07 Å². The first kappa shape index (κ1) is 17.6. The highest BCUT2D eigenvalue weighted by molar-refractivity contribution is 7.80. The second kappa shape index (κ2) is 7.66. The SMILES string of the molecule is COC(=O)C1=C(C)NC(=S)N[C@@H]1c1ccc(OCC#N)c(OC)c1. The minimum absolute atomic E-state index is 0.0855. The molecule has 0 radical (unpaired) electrons. The fraction of sp³-hybridized carbons (Fsp3) is 0.312. The molecule has 7 nitrogen and oxygen atoms in total. The van der Waals surface area contributed by atoms with Crippen molar-refractivity contribution in [2.45, 2.75) is 13.0 Å². The van der Waals surface area contributed by atoms with Gasteiger partial charge in [0, 0.05) is 5.70 Å². The number of allylic oxidation sites excluding steroid dienone is 1. The number of nitriles is 1. The normalized spacial score (nSPS) is 16.6. The summed E-state index contributed by atoms with van der Waals surface area (Å²) in [4.78, 5) is 12.1. The molecule has 0 saturated carbocycles. The summed E-state index contributed by atoms with van der Waals surface area (Å²) in [5.41, 5.74) is 1.80. The van der Waals surface area contributed by atoms with Gasteiger partial charge >= 0.3 is 5.97 Å². The Morgan fingerprint density at radius 2 is 2.12 bits per heavy atom. The Hall–Kier alpha value is -2.79. The maximum absolute atomic E-state index is 12.1. The Labute approximate surface area is 145 Å². The molecule has 1 aromatic carbocycles. The number of carbonyl (C=O) groups is 1. The number of hydrogen-bond acceptors (Lipinski definition) is 6. The molecular weight excluding hydrogens is 330 g/mol. The van der Waals surface area contributed by atoms with Crippen LogP contribution in [0.15, 0.2) is 29.5 Å². The van der Waals surface area contributed by atoms with Crippen LogP contribution in [0.25, 0.3) is 0 Å². The molecule has 0 unspecified atom stereocenters. The fourth-order valence-corrected chi connectivity index (χ4v) is 2.69. The number of benzene rings is 1. The van der Waals surface area contributed by atoms with Crippen molar-refractivity contribution in [2.24, 2.45) is 0 Å². The molecule has 0 fully saturated rings. The van der Waals surface area contributed by atoms with Gasteiger partial charge in [-0.05, 0) is 36.8 Å². The summed E-state index contributed by atoms with van der Waals surface area (Å²) < 4.78 is 15.5. The van der Waals surface area contributed by atoms with Gasteiger partial charge in [0.2, 0.25) is 0 Å². The zero-order valence-corrected chi connectivity index (χ0v) is 14.3. The predicted molar refractivity (Wildman–Crippen MR) is 90.4 cm³/mol. The van der Waals surface area contributed by atoms with E-state index < -0.39 is 12.0 Å². The zero-order chi connectivity index (χ0) is 17.7. The van der Waals surface area contributed by atoms with E-state index in [9.17, 15) is 4.79 Å². The third-order valence-electron chi connectivity index (χ3n) is 3.49. The fourth-order valence-electron chi connectivity index (χ4n) is 2.42. The van der Waals surface area contributed by atoms with Crippen LogP contribution < -0.4 is 20.1 Å². The van der Waals surface area contributed by atoms with Gasteiger partial charge in [-0.15, -0.1) is 0 Å². The summed E-state index contributed by atoms with van der Waals surface area (Å²) in [6.07, 6.45) is 0. The third-order valence-corrected chi connectivity index (χ3v) is 3.71. The van der Waals surface area contributed by atoms with E-state index in [0.717, 1.165) is 5.56 Å². The standard InChI is InChI=1S/C16H17N3O4S/c1-9-13(15(20)22-3)14(19-16(24)18-9)10-4-5-11(23-7-6-17)12(8-10)21-2/h4-5,8,14H,7H2,1-3H3,(H2,18,19,24)/t14-/m1/s1. The monoisotopic (exact) mass is 347 g/mol. The van der Waals surface area contributed by atoms with E-state index in [0.29, 0.717) is 27.9 Å². The van der Waals surface area contributed by atoms with E-state index in [1.54, 1.807) is 25.1 Å². The predicted octanol–water partition coefficient (Wildman–Crippen LogP) is 1.56. The van der Waals surface area contributed by atoms with Crippen molar-refractivity contribution in [1.29, 1.82) is 5.26 Å². The molecule has 8 heteroatoms. The van der Waals surface area contributed by atoms with Gasteiger partial charge in [-0.1, -0.05) is 6.07 Å². The number of ether oxygens (including phenoxy) is 3. The Morgan fingerprint density at radius 1 is 1.38 bits per heavy atom. The molecule has 0 amide bonds. The van der Waals surface area contributed by atoms with Gasteiger partial charge < -0.3 is 24.8 Å². The molecule has 1 heterocycles. The molecule has 0 aromatic heterocycles. The number of nitrogens with zero attached hydrogens (tertiary/aromatic N) is 1. The lowest BCUT2D eigenvalue weighted by atomic mass is 9.95. The van der Waals surface area contributed by atoms with E-state index in [1.165, 1.54) is 14.2 Å². The van der Waals surface area contributed by atoms with Crippen LogP contribution in [0, 0.1) is 11.3 Å². The first-order valence-corrected chi connectivity index (χ1v) is 7.47. The smallest absolute Gasteiger partial charge is 0.337 e. The van der Waals surface area contributed by atoms with Gasteiger partial charge in [-0.25, -0.2) is 4.79 Å². The average molecular weight is 347 g/mol. The first-order valence-electron chi connectivity index (χ1n) is 7.06. The summed E-state index contributed by atoms with van der Waals surface area (Å²) in [6, 6.07) is 6.61. The Kier molecular flexibility index (Phi) is 5.60. The number of hydrogen-bond donors (Lipinski definition) is 2. The average Bonchev–Trinajstić information content (AvgIpc) is 2.58. The molecule has 126 valence electrons. The number of methoxy groups -OCH3 is 2. The van der Waals surface area contributed by atoms with Gasteiger partial charge in [0.25, 0.3) is 0 Å². The molecule has 2 N–H and O–H groups in total. The van der Waals surface area contributed by atoms with Crippen molar-refractivity contribution in [1.82, 2.24) is 10.6 Å². The second-order valence-electron chi connectivity index (χ2n) is 4.92. The lowest BCUT2D eigenvalue weighted by Gasteiger charge is -2.29. The van der Waals surface area contributed by atoms with Crippen LogP contribution in [0.5, 0.6) is 11.5 Å². The number of rotatable bonds is 5. The van der Waals surface area contributed by atoms with Crippen LogP contribution >= 0.6 is 12.2 Å². The van der Waals surface area contributed by atoms with E-state index >= 15 is 0 Å². The summed E-state index contributed by atoms with van der Waals surface area (Å²) >= 11 is 5.18. The van der Waals surface area contributed by atoms with E-state index in [1.807, 2.05) is 6.07 Å². The highest BCUT2D eigenvalue weighted by Gasteiger charge is 2.31. The number of carbonyl (C=O) groups excluding carboxylic acids is 1. The molecule has 1 aromatic rings. The Morgan fingerprint density at radius 3 is 2.75 bits per heavy atom. The zero-order valence-electron chi connectivity index (χ0n) is 13.5. The van der Waals surface area contributed by atoms with Gasteiger partial charge in [0.05, 0.1) is 25.8 Å². The van der Waals surface area contributed by atoms with Crippen molar-refractivity contribution in [3.05, 3.63) is 35.0 Å². The number of thiocarbonyl (C=S) groups is 1. The molecule has 2 rings (SSSR count). The molecule has 1 aliphatic heterocycles. The lowest BCUT2D eigenvalue weighted by Crippen LogP contribution is -2.45. The van der Waals surface area contributed by atoms with Crippen molar-refractivity contribution in [3.8, 4) is 17.6 Å². The van der Waals surface area contributed by atoms with Crippen molar-refractivity contribution >= 4 is 23.3 Å². The quantitative estimate of drug-likeness (QED) is 0.612. The number of nitrogens with one attached hydrogen (secondary N) is 2. The minimum atomic E-state index is -0.481.